The summed E-state index contributed by atoms with van der Waals surface area (Å²) in [7, 11) is 0. The Balaban J connectivity index is 1.70. The number of urea groups is 1. The third-order valence-electron chi connectivity index (χ3n) is 3.23. The Hall–Kier alpha value is -1.66. The van der Waals surface area contributed by atoms with Gasteiger partial charge >= 0.3 is 6.03 Å². The molecule has 0 saturated carbocycles. The highest BCUT2D eigenvalue weighted by Gasteiger charge is 2.17. The zero-order valence-electron chi connectivity index (χ0n) is 11.3. The molecule has 1 aromatic carbocycles. The van der Waals surface area contributed by atoms with E-state index in [1.165, 1.54) is 0 Å². The lowest BCUT2D eigenvalue weighted by atomic mass is 10.3. The lowest BCUT2D eigenvalue weighted by molar-refractivity contribution is 0.217. The predicted octanol–water partition coefficient (Wildman–Crippen LogP) is 3.11. The molecule has 0 unspecified atom stereocenters. The average molecular weight is 323 g/mol. The highest BCUT2D eigenvalue weighted by molar-refractivity contribution is 7.99. The van der Waals surface area contributed by atoms with Crippen LogP contribution in [-0.2, 0) is 0 Å². The van der Waals surface area contributed by atoms with Gasteiger partial charge in [0, 0.05) is 24.6 Å². The lowest BCUT2D eigenvalue weighted by Crippen LogP contribution is -2.40. The van der Waals surface area contributed by atoms with E-state index in [1.54, 1.807) is 17.1 Å². The van der Waals surface area contributed by atoms with Crippen LogP contribution >= 0.6 is 23.4 Å². The predicted molar refractivity (Wildman–Crippen MR) is 86.5 cm³/mol. The number of para-hydroxylation sites is 1. The summed E-state index contributed by atoms with van der Waals surface area (Å²) >= 11 is 8.01. The number of aromatic nitrogens is 2. The van der Waals surface area contributed by atoms with E-state index < -0.39 is 0 Å². The van der Waals surface area contributed by atoms with Gasteiger partial charge < -0.3 is 10.2 Å². The molecule has 0 bridgehead atoms. The number of thioether (sulfide) groups is 1. The SMILES string of the molecule is O=C(Nc1cnn(-c2ccccc2Cl)c1)N1CCSCC1. The van der Waals surface area contributed by atoms with E-state index in [1.807, 2.05) is 40.9 Å². The Morgan fingerprint density at radius 2 is 2.05 bits per heavy atom. The largest absolute Gasteiger partial charge is 0.323 e. The number of amides is 2. The Labute approximate surface area is 132 Å². The summed E-state index contributed by atoms with van der Waals surface area (Å²) in [4.78, 5) is 13.9. The normalized spacial score (nSPS) is 15.0. The first kappa shape index (κ1) is 14.3. The van der Waals surface area contributed by atoms with E-state index in [2.05, 4.69) is 10.4 Å². The highest BCUT2D eigenvalue weighted by Crippen LogP contribution is 2.20. The zero-order valence-corrected chi connectivity index (χ0v) is 12.9. The Morgan fingerprint density at radius 1 is 1.29 bits per heavy atom. The van der Waals surface area contributed by atoms with Crippen molar-refractivity contribution in [2.75, 3.05) is 29.9 Å². The van der Waals surface area contributed by atoms with Gasteiger partial charge in [-0.15, -0.1) is 0 Å². The van der Waals surface area contributed by atoms with E-state index in [9.17, 15) is 4.79 Å². The van der Waals surface area contributed by atoms with Gasteiger partial charge in [0.15, 0.2) is 0 Å². The number of carbonyl (C=O) groups excluding carboxylic acids is 1. The molecule has 110 valence electrons. The monoisotopic (exact) mass is 322 g/mol. The standard InChI is InChI=1S/C14H15ClN4OS/c15-12-3-1-2-4-13(12)19-10-11(9-16-19)17-14(20)18-5-7-21-8-6-18/h1-4,9-10H,5-8H2,(H,17,20). The van der Waals surface area contributed by atoms with Crippen LogP contribution in [0.25, 0.3) is 5.69 Å². The van der Waals surface area contributed by atoms with Gasteiger partial charge in [0.25, 0.3) is 0 Å². The summed E-state index contributed by atoms with van der Waals surface area (Å²) in [5, 5.41) is 7.73. The van der Waals surface area contributed by atoms with Gasteiger partial charge in [0.2, 0.25) is 0 Å². The Kier molecular flexibility index (Phi) is 4.36. The van der Waals surface area contributed by atoms with Gasteiger partial charge in [-0.3, -0.25) is 0 Å². The summed E-state index contributed by atoms with van der Waals surface area (Å²) in [6.45, 7) is 1.57. The molecule has 21 heavy (non-hydrogen) atoms. The number of benzene rings is 1. The van der Waals surface area contributed by atoms with Gasteiger partial charge in [0.1, 0.15) is 0 Å². The van der Waals surface area contributed by atoms with Crippen molar-refractivity contribution in [1.82, 2.24) is 14.7 Å². The van der Waals surface area contributed by atoms with Crippen LogP contribution < -0.4 is 5.32 Å². The van der Waals surface area contributed by atoms with E-state index in [4.69, 9.17) is 11.6 Å². The van der Waals surface area contributed by atoms with Crippen LogP contribution in [0.5, 0.6) is 0 Å². The fraction of sp³-hybridized carbons (Fsp3) is 0.286. The van der Waals surface area contributed by atoms with Gasteiger partial charge in [-0.1, -0.05) is 23.7 Å². The van der Waals surface area contributed by atoms with E-state index in [0.29, 0.717) is 10.7 Å². The maximum atomic E-state index is 12.1. The number of hydrogen-bond acceptors (Lipinski definition) is 3. The topological polar surface area (TPSA) is 50.2 Å². The second kappa shape index (κ2) is 6.41. The van der Waals surface area contributed by atoms with Crippen LogP contribution in [0.1, 0.15) is 0 Å². The molecule has 1 aliphatic heterocycles. The van der Waals surface area contributed by atoms with E-state index >= 15 is 0 Å². The Morgan fingerprint density at radius 3 is 2.81 bits per heavy atom. The van der Waals surface area contributed by atoms with Crippen molar-refractivity contribution < 1.29 is 4.79 Å². The maximum Gasteiger partial charge on any atom is 0.321 e. The maximum absolute atomic E-state index is 12.1. The molecule has 2 aromatic rings. The molecule has 0 radical (unpaired) electrons. The quantitative estimate of drug-likeness (QED) is 0.924. The van der Waals surface area contributed by atoms with Crippen LogP contribution in [0.3, 0.4) is 0 Å². The summed E-state index contributed by atoms with van der Waals surface area (Å²) in [5.74, 6) is 1.98. The van der Waals surface area contributed by atoms with Crippen LogP contribution in [0.4, 0.5) is 10.5 Å². The first-order valence-corrected chi connectivity index (χ1v) is 8.20. The number of carbonyl (C=O) groups is 1. The summed E-state index contributed by atoms with van der Waals surface area (Å²) in [5.41, 5.74) is 1.45. The minimum absolute atomic E-state index is 0.0750. The van der Waals surface area contributed by atoms with Crippen LogP contribution in [0.2, 0.25) is 5.02 Å². The summed E-state index contributed by atoms with van der Waals surface area (Å²) in [6.07, 6.45) is 3.39. The number of nitrogens with zero attached hydrogens (tertiary/aromatic N) is 3. The van der Waals surface area contributed by atoms with Crippen molar-refractivity contribution in [3.8, 4) is 5.69 Å². The van der Waals surface area contributed by atoms with Gasteiger partial charge in [-0.25, -0.2) is 9.48 Å². The highest BCUT2D eigenvalue weighted by atomic mass is 35.5. The number of halogens is 1. The molecule has 0 spiro atoms. The first-order chi connectivity index (χ1) is 10.2. The smallest absolute Gasteiger partial charge is 0.321 e. The minimum atomic E-state index is -0.0750. The third kappa shape index (κ3) is 3.33. The zero-order chi connectivity index (χ0) is 14.7. The van der Waals surface area contributed by atoms with Gasteiger partial charge in [0.05, 0.1) is 28.8 Å². The molecule has 1 aromatic heterocycles. The molecule has 1 N–H and O–H groups in total. The van der Waals surface area contributed by atoms with Crippen molar-refractivity contribution in [2.24, 2.45) is 0 Å². The summed E-state index contributed by atoms with van der Waals surface area (Å²) in [6, 6.07) is 7.37. The van der Waals surface area contributed by atoms with E-state index in [0.717, 1.165) is 30.3 Å². The molecule has 1 fully saturated rings. The fourth-order valence-corrected chi connectivity index (χ4v) is 3.25. The molecule has 5 nitrogen and oxygen atoms in total. The molecule has 1 saturated heterocycles. The van der Waals surface area contributed by atoms with Crippen molar-refractivity contribution in [3.63, 3.8) is 0 Å². The molecule has 1 aliphatic rings. The average Bonchev–Trinajstić information content (AvgIpc) is 2.97. The van der Waals surface area contributed by atoms with Gasteiger partial charge in [-0.2, -0.15) is 16.9 Å². The number of rotatable bonds is 2. The minimum Gasteiger partial charge on any atom is -0.323 e. The van der Waals surface area contributed by atoms with Crippen molar-refractivity contribution in [1.29, 1.82) is 0 Å². The van der Waals surface area contributed by atoms with Crippen molar-refractivity contribution in [3.05, 3.63) is 41.7 Å². The fourth-order valence-electron chi connectivity index (χ4n) is 2.13. The molecule has 0 aliphatic carbocycles. The lowest BCUT2D eigenvalue weighted by Gasteiger charge is -2.26. The molecular weight excluding hydrogens is 308 g/mol. The number of nitrogens with one attached hydrogen (secondary N) is 1. The molecule has 0 atom stereocenters. The summed E-state index contributed by atoms with van der Waals surface area (Å²) < 4.78 is 1.66. The number of hydrogen-bond donors (Lipinski definition) is 1. The van der Waals surface area contributed by atoms with Crippen molar-refractivity contribution >= 4 is 35.1 Å². The molecule has 2 heterocycles. The molecule has 2 amide bonds. The van der Waals surface area contributed by atoms with Crippen LogP contribution in [-0.4, -0.2) is 45.3 Å². The second-order valence-electron chi connectivity index (χ2n) is 4.65. The van der Waals surface area contributed by atoms with Gasteiger partial charge in [-0.05, 0) is 12.1 Å². The first-order valence-electron chi connectivity index (χ1n) is 6.67. The molecule has 3 rings (SSSR count). The second-order valence-corrected chi connectivity index (χ2v) is 6.29. The number of anilines is 1. The van der Waals surface area contributed by atoms with Crippen LogP contribution in [0.15, 0.2) is 36.7 Å². The molecule has 7 heteroatoms. The Bertz CT molecular complexity index is 639. The molecular formula is C14H15ClN4OS. The van der Waals surface area contributed by atoms with E-state index in [-0.39, 0.29) is 6.03 Å². The third-order valence-corrected chi connectivity index (χ3v) is 4.49. The van der Waals surface area contributed by atoms with Crippen molar-refractivity contribution in [2.45, 2.75) is 0 Å². The van der Waals surface area contributed by atoms with Crippen LogP contribution in [0, 0.1) is 0 Å².